The van der Waals surface area contributed by atoms with Crippen molar-refractivity contribution in [3.8, 4) is 0 Å². The molecule has 6 rings (SSSR count). The molecule has 0 unspecified atom stereocenters. The van der Waals surface area contributed by atoms with E-state index in [9.17, 15) is 21.6 Å². The van der Waals surface area contributed by atoms with Crippen LogP contribution in [0.25, 0.3) is 11.2 Å². The van der Waals surface area contributed by atoms with Crippen LogP contribution in [0.5, 0.6) is 0 Å². The largest absolute Gasteiger partial charge is 0.308 e. The number of nitrogens with zero attached hydrogens (tertiary/aromatic N) is 5. The second kappa shape index (κ2) is 13.1. The molecule has 45 heavy (non-hydrogen) atoms. The predicted molar refractivity (Wildman–Crippen MR) is 170 cm³/mol. The molecule has 2 N–H and O–H groups in total. The monoisotopic (exact) mass is 693 g/mol. The third-order valence-corrected chi connectivity index (χ3v) is 12.7. The Morgan fingerprint density at radius 3 is 2.13 bits per heavy atom. The summed E-state index contributed by atoms with van der Waals surface area (Å²) in [5.74, 6) is 0.220. The second-order valence-corrected chi connectivity index (χ2v) is 16.0. The molecular weight excluding hydrogens is 661 g/mol. The van der Waals surface area contributed by atoms with Crippen molar-refractivity contribution < 1.29 is 16.8 Å². The van der Waals surface area contributed by atoms with Crippen molar-refractivity contribution in [1.29, 1.82) is 0 Å². The Bertz CT molecular complexity index is 1950. The summed E-state index contributed by atoms with van der Waals surface area (Å²) in [7, 11) is -7.63. The van der Waals surface area contributed by atoms with Crippen LogP contribution in [-0.2, 0) is 26.6 Å². The van der Waals surface area contributed by atoms with Crippen molar-refractivity contribution in [1.82, 2.24) is 34.0 Å². The van der Waals surface area contributed by atoms with E-state index in [2.05, 4.69) is 25.0 Å². The molecule has 0 bridgehead atoms. The first-order valence-corrected chi connectivity index (χ1v) is 18.6. The molecule has 1 saturated carbocycles. The quantitative estimate of drug-likeness (QED) is 0.256. The summed E-state index contributed by atoms with van der Waals surface area (Å²) in [5, 5.41) is 8.98. The van der Waals surface area contributed by atoms with Crippen molar-refractivity contribution in [2.45, 2.75) is 79.7 Å². The molecule has 16 heteroatoms. The molecule has 3 heterocycles. The first-order chi connectivity index (χ1) is 21.5. The molecular formula is C29H33Cl2N7O5S2. The smallest absolute Gasteiger partial charge is 0.281 e. The van der Waals surface area contributed by atoms with E-state index in [-0.39, 0.29) is 52.5 Å². The predicted octanol–water partition coefficient (Wildman–Crippen LogP) is 4.44. The van der Waals surface area contributed by atoms with Gasteiger partial charge in [0, 0.05) is 40.7 Å². The Balaban J connectivity index is 1.14. The van der Waals surface area contributed by atoms with E-state index < -0.39 is 25.6 Å². The molecule has 1 aliphatic heterocycles. The van der Waals surface area contributed by atoms with Gasteiger partial charge in [0.1, 0.15) is 5.82 Å². The van der Waals surface area contributed by atoms with Crippen LogP contribution < -0.4 is 10.3 Å². The van der Waals surface area contributed by atoms with E-state index in [1.807, 2.05) is 0 Å². The van der Waals surface area contributed by atoms with Crippen molar-refractivity contribution in [2.24, 2.45) is 0 Å². The molecule has 0 amide bonds. The Kier molecular flexibility index (Phi) is 9.33. The van der Waals surface area contributed by atoms with Crippen LogP contribution >= 0.6 is 23.2 Å². The lowest BCUT2D eigenvalue weighted by atomic mass is 9.97. The summed E-state index contributed by atoms with van der Waals surface area (Å²) in [6.45, 7) is 0.563. The lowest BCUT2D eigenvalue weighted by molar-refractivity contribution is 0.313. The van der Waals surface area contributed by atoms with Gasteiger partial charge in [0.25, 0.3) is 5.56 Å². The zero-order valence-corrected chi connectivity index (χ0v) is 27.5. The normalized spacial score (nSPS) is 17.9. The number of hydrogen-bond acceptors (Lipinski definition) is 8. The van der Waals surface area contributed by atoms with Gasteiger partial charge in [-0.1, -0.05) is 60.2 Å². The fraction of sp³-hybridized carbons (Fsp3) is 0.448. The van der Waals surface area contributed by atoms with E-state index in [1.54, 1.807) is 18.2 Å². The van der Waals surface area contributed by atoms with Crippen LogP contribution in [0.1, 0.15) is 68.7 Å². The molecule has 1 saturated heterocycles. The molecule has 2 fully saturated rings. The van der Waals surface area contributed by atoms with Crippen molar-refractivity contribution in [3.05, 3.63) is 74.3 Å². The summed E-state index contributed by atoms with van der Waals surface area (Å²) in [4.78, 5) is 20.4. The van der Waals surface area contributed by atoms with Crippen molar-refractivity contribution in [2.75, 3.05) is 13.1 Å². The van der Waals surface area contributed by atoms with Gasteiger partial charge < -0.3 is 4.98 Å². The van der Waals surface area contributed by atoms with Gasteiger partial charge in [0.15, 0.2) is 11.2 Å². The average Bonchev–Trinajstić information content (AvgIpc) is 3.26. The number of aromatic nitrogens is 5. The maximum Gasteiger partial charge on any atom is 0.281 e. The van der Waals surface area contributed by atoms with Gasteiger partial charge in [0.05, 0.1) is 16.3 Å². The van der Waals surface area contributed by atoms with Gasteiger partial charge in [-0.2, -0.15) is 4.31 Å². The SMILES string of the molecule is O=c1[nH]c(C2CCN(S(=O)(=O)c3ccc(S(=O)(=O)NC4CCCCCC4)cc3)CC2)nc2c1nnn2Cc1c(Cl)cccc1Cl. The number of fused-ring (bicyclic) bond motifs is 1. The third-order valence-electron chi connectivity index (χ3n) is 8.55. The number of H-pyrrole nitrogens is 1. The van der Waals surface area contributed by atoms with Crippen LogP contribution in [0, 0.1) is 0 Å². The van der Waals surface area contributed by atoms with Crippen LogP contribution in [0.3, 0.4) is 0 Å². The number of rotatable bonds is 8. The first kappa shape index (κ1) is 32.1. The lowest BCUT2D eigenvalue weighted by Crippen LogP contribution is -2.38. The minimum Gasteiger partial charge on any atom is -0.308 e. The molecule has 2 aliphatic rings. The number of piperidine rings is 1. The van der Waals surface area contributed by atoms with E-state index in [1.165, 1.54) is 33.3 Å². The standard InChI is InChI=1S/C29H33Cl2N7O5S2/c30-24-8-5-9-25(31)23(24)18-38-28-26(34-36-38)29(39)33-27(32-28)19-14-16-37(17-15-19)45(42,43)22-12-10-21(11-13-22)44(40,41)35-20-6-3-1-2-4-7-20/h5,8-13,19-20,35H,1-4,6-7,14-18H2,(H,32,33,39). The Labute approximate surface area is 271 Å². The topological polar surface area (TPSA) is 160 Å². The highest BCUT2D eigenvalue weighted by molar-refractivity contribution is 7.89. The van der Waals surface area contributed by atoms with Gasteiger partial charge in [-0.3, -0.25) is 4.79 Å². The van der Waals surface area contributed by atoms with E-state index in [0.717, 1.165) is 38.5 Å². The zero-order chi connectivity index (χ0) is 31.8. The highest BCUT2D eigenvalue weighted by Crippen LogP contribution is 2.30. The van der Waals surface area contributed by atoms with Crippen molar-refractivity contribution >= 4 is 54.4 Å². The number of aromatic amines is 1. The third kappa shape index (κ3) is 6.81. The summed E-state index contributed by atoms with van der Waals surface area (Å²) in [6.07, 6.45) is 6.63. The van der Waals surface area contributed by atoms with Gasteiger partial charge in [-0.25, -0.2) is 31.2 Å². The summed E-state index contributed by atoms with van der Waals surface area (Å²) in [5.41, 5.74) is 0.543. The molecule has 2 aromatic carbocycles. The van der Waals surface area contributed by atoms with Gasteiger partial charge >= 0.3 is 0 Å². The fourth-order valence-electron chi connectivity index (χ4n) is 6.01. The van der Waals surface area contributed by atoms with Crippen LogP contribution in [-0.4, -0.2) is 65.2 Å². The number of sulfonamides is 2. The highest BCUT2D eigenvalue weighted by Gasteiger charge is 2.32. The second-order valence-electron chi connectivity index (χ2n) is 11.5. The summed E-state index contributed by atoms with van der Waals surface area (Å²) >= 11 is 12.7. The molecule has 0 spiro atoms. The van der Waals surface area contributed by atoms with Crippen LogP contribution in [0.4, 0.5) is 0 Å². The maximum atomic E-state index is 13.5. The van der Waals surface area contributed by atoms with Crippen molar-refractivity contribution in [3.63, 3.8) is 0 Å². The Hall–Kier alpha value is -2.88. The van der Waals surface area contributed by atoms with E-state index >= 15 is 0 Å². The van der Waals surface area contributed by atoms with Gasteiger partial charge in [0.2, 0.25) is 20.0 Å². The molecule has 0 radical (unpaired) electrons. The number of halogens is 2. The maximum absolute atomic E-state index is 13.5. The van der Waals surface area contributed by atoms with E-state index in [0.29, 0.717) is 34.3 Å². The molecule has 4 aromatic rings. The van der Waals surface area contributed by atoms with Gasteiger partial charge in [-0.05, 0) is 62.1 Å². The van der Waals surface area contributed by atoms with E-state index in [4.69, 9.17) is 23.2 Å². The Morgan fingerprint density at radius 1 is 0.867 bits per heavy atom. The molecule has 240 valence electrons. The summed E-state index contributed by atoms with van der Waals surface area (Å²) in [6, 6.07) is 10.4. The number of nitrogens with one attached hydrogen (secondary N) is 2. The average molecular weight is 695 g/mol. The Morgan fingerprint density at radius 2 is 1.49 bits per heavy atom. The molecule has 0 atom stereocenters. The van der Waals surface area contributed by atoms with Gasteiger partial charge in [-0.15, -0.1) is 5.10 Å². The van der Waals surface area contributed by atoms with Crippen LogP contribution in [0.2, 0.25) is 10.0 Å². The lowest BCUT2D eigenvalue weighted by Gasteiger charge is -2.30. The fourth-order valence-corrected chi connectivity index (χ4v) is 9.30. The highest BCUT2D eigenvalue weighted by atomic mass is 35.5. The zero-order valence-electron chi connectivity index (χ0n) is 24.3. The minimum atomic E-state index is -3.87. The minimum absolute atomic E-state index is 0.0236. The molecule has 12 nitrogen and oxygen atoms in total. The number of benzene rings is 2. The number of hydrogen-bond donors (Lipinski definition) is 2. The molecule has 1 aliphatic carbocycles. The van der Waals surface area contributed by atoms with Crippen LogP contribution in [0.15, 0.2) is 57.1 Å². The summed E-state index contributed by atoms with van der Waals surface area (Å²) < 4.78 is 58.5. The first-order valence-electron chi connectivity index (χ1n) is 14.9. The molecule has 2 aromatic heterocycles.